The first-order valence-electron chi connectivity index (χ1n) is 7.35. The fraction of sp³-hybridized carbons (Fsp3) is 0.600. The van der Waals surface area contributed by atoms with Crippen LogP contribution in [0.5, 0.6) is 0 Å². The first-order valence-corrected chi connectivity index (χ1v) is 9.89. The van der Waals surface area contributed by atoms with E-state index in [0.29, 0.717) is 10.9 Å². The molecule has 0 radical (unpaired) electrons. The third-order valence-corrected chi connectivity index (χ3v) is 6.93. The second-order valence-electron chi connectivity index (χ2n) is 5.63. The average molecular weight is 329 g/mol. The molecule has 21 heavy (non-hydrogen) atoms. The van der Waals surface area contributed by atoms with Crippen LogP contribution in [-0.2, 0) is 10.0 Å². The molecular formula is C15H24N2O2S2. The third kappa shape index (κ3) is 3.73. The van der Waals surface area contributed by atoms with Gasteiger partial charge in [-0.25, -0.2) is 13.1 Å². The van der Waals surface area contributed by atoms with Crippen LogP contribution in [-0.4, -0.2) is 25.5 Å². The summed E-state index contributed by atoms with van der Waals surface area (Å²) in [6.45, 7) is 5.94. The molecule has 1 fully saturated rings. The summed E-state index contributed by atoms with van der Waals surface area (Å²) < 4.78 is 28.1. The molecule has 0 spiro atoms. The predicted octanol–water partition coefficient (Wildman–Crippen LogP) is 2.84. The number of thioether (sulfide) groups is 1. The lowest BCUT2D eigenvalue weighted by Crippen LogP contribution is -2.39. The van der Waals surface area contributed by atoms with Crippen LogP contribution in [0.2, 0.25) is 0 Å². The van der Waals surface area contributed by atoms with Gasteiger partial charge in [-0.3, -0.25) is 0 Å². The van der Waals surface area contributed by atoms with Gasteiger partial charge >= 0.3 is 0 Å². The number of anilines is 1. The smallest absolute Gasteiger partial charge is 0.242 e. The monoisotopic (exact) mass is 328 g/mol. The Morgan fingerprint density at radius 1 is 1.29 bits per heavy atom. The van der Waals surface area contributed by atoms with E-state index in [1.807, 2.05) is 25.6 Å². The van der Waals surface area contributed by atoms with Crippen molar-refractivity contribution in [3.63, 3.8) is 0 Å². The van der Waals surface area contributed by atoms with Gasteiger partial charge in [0.25, 0.3) is 0 Å². The number of rotatable bonds is 5. The quantitative estimate of drug-likeness (QED) is 0.815. The maximum absolute atomic E-state index is 12.6. The van der Waals surface area contributed by atoms with Crippen molar-refractivity contribution in [1.29, 1.82) is 0 Å². The maximum Gasteiger partial charge on any atom is 0.242 e. The van der Waals surface area contributed by atoms with Crippen molar-refractivity contribution in [2.24, 2.45) is 0 Å². The van der Waals surface area contributed by atoms with Crippen LogP contribution < -0.4 is 10.5 Å². The highest BCUT2D eigenvalue weighted by Gasteiger charge is 2.32. The summed E-state index contributed by atoms with van der Waals surface area (Å²) in [7, 11) is -3.55. The average Bonchev–Trinajstić information content (AvgIpc) is 2.81. The minimum atomic E-state index is -3.55. The zero-order chi connectivity index (χ0) is 15.6. The van der Waals surface area contributed by atoms with Gasteiger partial charge in [0.05, 0.1) is 5.69 Å². The van der Waals surface area contributed by atoms with Gasteiger partial charge in [0, 0.05) is 11.3 Å². The fourth-order valence-electron chi connectivity index (χ4n) is 2.78. The molecule has 6 heteroatoms. The highest BCUT2D eigenvalue weighted by atomic mass is 32.2. The van der Waals surface area contributed by atoms with Crippen LogP contribution in [0.4, 0.5) is 5.69 Å². The van der Waals surface area contributed by atoms with Gasteiger partial charge in [-0.15, -0.1) is 0 Å². The minimum Gasteiger partial charge on any atom is -0.398 e. The van der Waals surface area contributed by atoms with Gasteiger partial charge in [-0.1, -0.05) is 13.3 Å². The Hall–Kier alpha value is -0.720. The van der Waals surface area contributed by atoms with E-state index >= 15 is 0 Å². The minimum absolute atomic E-state index is 0.0148. The summed E-state index contributed by atoms with van der Waals surface area (Å²) >= 11 is 1.83. The van der Waals surface area contributed by atoms with E-state index in [2.05, 4.69) is 11.6 Å². The van der Waals surface area contributed by atoms with E-state index < -0.39 is 10.0 Å². The zero-order valence-electron chi connectivity index (χ0n) is 12.8. The SMILES string of the molecule is CCSC1CCCC1NS(=O)(=O)c1cc(C)c(C)cc1N. The number of aryl methyl sites for hydroxylation is 2. The molecule has 1 aliphatic carbocycles. The zero-order valence-corrected chi connectivity index (χ0v) is 14.5. The highest BCUT2D eigenvalue weighted by molar-refractivity contribution is 8.00. The summed E-state index contributed by atoms with van der Waals surface area (Å²) in [6, 6.07) is 3.42. The molecular weight excluding hydrogens is 304 g/mol. The number of nitrogen functional groups attached to an aromatic ring is 1. The molecule has 3 N–H and O–H groups in total. The van der Waals surface area contributed by atoms with Gasteiger partial charge in [-0.2, -0.15) is 11.8 Å². The second-order valence-corrected chi connectivity index (χ2v) is 8.83. The molecule has 0 heterocycles. The second kappa shape index (κ2) is 6.58. The maximum atomic E-state index is 12.6. The molecule has 1 aliphatic rings. The Morgan fingerprint density at radius 3 is 2.62 bits per heavy atom. The van der Waals surface area contributed by atoms with Crippen molar-refractivity contribution in [2.45, 2.75) is 56.2 Å². The van der Waals surface area contributed by atoms with Gasteiger partial charge in [0.2, 0.25) is 10.0 Å². The van der Waals surface area contributed by atoms with Gasteiger partial charge in [0.15, 0.2) is 0 Å². The largest absolute Gasteiger partial charge is 0.398 e. The lowest BCUT2D eigenvalue weighted by molar-refractivity contribution is 0.555. The molecule has 1 aromatic rings. The normalized spacial score (nSPS) is 22.6. The fourth-order valence-corrected chi connectivity index (χ4v) is 5.57. The summed E-state index contributed by atoms with van der Waals surface area (Å²) in [4.78, 5) is 0.206. The molecule has 1 saturated carbocycles. The van der Waals surface area contributed by atoms with Gasteiger partial charge < -0.3 is 5.73 Å². The lowest BCUT2D eigenvalue weighted by Gasteiger charge is -2.21. The molecule has 118 valence electrons. The molecule has 0 amide bonds. The Bertz CT molecular complexity index is 614. The van der Waals surface area contributed by atoms with Crippen LogP contribution >= 0.6 is 11.8 Å². The lowest BCUT2D eigenvalue weighted by atomic mass is 10.1. The molecule has 4 nitrogen and oxygen atoms in total. The Labute approximate surface area is 131 Å². The molecule has 2 atom stereocenters. The molecule has 0 bridgehead atoms. The van der Waals surface area contributed by atoms with Crippen LogP contribution in [0.1, 0.15) is 37.3 Å². The van der Waals surface area contributed by atoms with E-state index in [0.717, 1.165) is 36.1 Å². The van der Waals surface area contributed by atoms with Crippen molar-refractivity contribution < 1.29 is 8.42 Å². The highest BCUT2D eigenvalue weighted by Crippen LogP contribution is 2.31. The standard InChI is InChI=1S/C15H24N2O2S2/c1-4-20-14-7-5-6-13(14)17-21(18,19)15-9-11(3)10(2)8-12(15)16/h8-9,13-14,17H,4-7,16H2,1-3H3. The molecule has 0 aliphatic heterocycles. The molecule has 2 unspecified atom stereocenters. The molecule has 2 rings (SSSR count). The summed E-state index contributed by atoms with van der Waals surface area (Å²) in [5.41, 5.74) is 8.19. The topological polar surface area (TPSA) is 72.2 Å². The predicted molar refractivity (Wildman–Crippen MR) is 90.2 cm³/mol. The first-order chi connectivity index (χ1) is 9.85. The van der Waals surface area contributed by atoms with Gasteiger partial charge in [-0.05, 0) is 55.7 Å². The Morgan fingerprint density at radius 2 is 1.95 bits per heavy atom. The van der Waals surface area contributed by atoms with E-state index in [1.165, 1.54) is 0 Å². The molecule has 0 saturated heterocycles. The number of hydrogen-bond acceptors (Lipinski definition) is 4. The summed E-state index contributed by atoms with van der Waals surface area (Å²) in [5, 5.41) is 0.373. The Kier molecular flexibility index (Phi) is 5.22. The van der Waals surface area contributed by atoms with Crippen LogP contribution in [0.15, 0.2) is 17.0 Å². The van der Waals surface area contributed by atoms with Crippen molar-refractivity contribution in [3.05, 3.63) is 23.3 Å². The molecule has 0 aromatic heterocycles. The number of nitrogens with two attached hydrogens (primary N) is 1. The van der Waals surface area contributed by atoms with Crippen molar-refractivity contribution in [3.8, 4) is 0 Å². The number of hydrogen-bond donors (Lipinski definition) is 2. The van der Waals surface area contributed by atoms with Crippen molar-refractivity contribution >= 4 is 27.5 Å². The van der Waals surface area contributed by atoms with E-state index in [4.69, 9.17) is 5.73 Å². The van der Waals surface area contributed by atoms with E-state index in [9.17, 15) is 8.42 Å². The molecule has 1 aromatic carbocycles. The van der Waals surface area contributed by atoms with Crippen LogP contribution in [0.25, 0.3) is 0 Å². The van der Waals surface area contributed by atoms with Crippen molar-refractivity contribution in [1.82, 2.24) is 4.72 Å². The number of benzene rings is 1. The van der Waals surface area contributed by atoms with Crippen molar-refractivity contribution in [2.75, 3.05) is 11.5 Å². The van der Waals surface area contributed by atoms with Gasteiger partial charge in [0.1, 0.15) is 4.90 Å². The van der Waals surface area contributed by atoms with E-state index in [-0.39, 0.29) is 10.9 Å². The van der Waals surface area contributed by atoms with Crippen LogP contribution in [0.3, 0.4) is 0 Å². The van der Waals surface area contributed by atoms with Crippen LogP contribution in [0, 0.1) is 13.8 Å². The third-order valence-electron chi connectivity index (χ3n) is 4.06. The number of sulfonamides is 1. The summed E-state index contributed by atoms with van der Waals surface area (Å²) in [6.07, 6.45) is 3.06. The number of nitrogens with one attached hydrogen (secondary N) is 1. The Balaban J connectivity index is 2.24. The van der Waals surface area contributed by atoms with E-state index in [1.54, 1.807) is 12.1 Å². The summed E-state index contributed by atoms with van der Waals surface area (Å²) in [5.74, 6) is 1.01. The first kappa shape index (κ1) is 16.6.